The van der Waals surface area contributed by atoms with Gasteiger partial charge in [0, 0.05) is 32.8 Å². The van der Waals surface area contributed by atoms with Crippen LogP contribution in [0.4, 0.5) is 4.39 Å². The molecule has 0 atom stereocenters. The van der Waals surface area contributed by atoms with Gasteiger partial charge in [0.2, 0.25) is 0 Å². The zero-order valence-electron chi connectivity index (χ0n) is 24.0. The lowest BCUT2D eigenvalue weighted by molar-refractivity contribution is 0.106. The Labute approximate surface area is 225 Å². The average Bonchev–Trinajstić information content (AvgIpc) is 2.82. The van der Waals surface area contributed by atoms with Crippen molar-refractivity contribution in [3.8, 4) is 11.1 Å². The van der Waals surface area contributed by atoms with Crippen LogP contribution in [-0.4, -0.2) is 22.2 Å². The zero-order chi connectivity index (χ0) is 27.4. The summed E-state index contributed by atoms with van der Waals surface area (Å²) in [4.78, 5) is 5.20. The minimum atomic E-state index is -1.39. The molecule has 0 N–H and O–H groups in total. The van der Waals surface area contributed by atoms with Crippen LogP contribution in [0.1, 0.15) is 88.4 Å². The van der Waals surface area contributed by atoms with E-state index in [4.69, 9.17) is 13.9 Å². The average molecular weight is 526 g/mol. The molecule has 0 unspecified atom stereocenters. The molecule has 0 radical (unpaired) electrons. The van der Waals surface area contributed by atoms with Crippen molar-refractivity contribution in [2.24, 2.45) is 0 Å². The van der Waals surface area contributed by atoms with Gasteiger partial charge in [-0.15, -0.1) is 10.3 Å². The third-order valence-electron chi connectivity index (χ3n) is 7.03. The summed E-state index contributed by atoms with van der Waals surface area (Å²) < 4.78 is 28.4. The van der Waals surface area contributed by atoms with E-state index in [1.165, 1.54) is 6.07 Å². The SMILES string of the molecule is CC(C)c1nc(C(C)C)c(COS(C)(C)C(C)(C)C)c(-c2ccccc2F)c1COCc1ccccc1. The molecular weight excluding hydrogens is 481 g/mol. The fraction of sp³-hybridized carbons (Fsp3) is 0.469. The maximum atomic E-state index is 15.5. The van der Waals surface area contributed by atoms with Gasteiger partial charge in [-0.25, -0.2) is 4.39 Å². The highest BCUT2D eigenvalue weighted by Gasteiger charge is 2.31. The Morgan fingerprint density at radius 1 is 0.784 bits per heavy atom. The van der Waals surface area contributed by atoms with Crippen LogP contribution in [-0.2, 0) is 28.7 Å². The van der Waals surface area contributed by atoms with Gasteiger partial charge in [0.15, 0.2) is 0 Å². The molecule has 1 aromatic heterocycles. The third kappa shape index (κ3) is 7.01. The van der Waals surface area contributed by atoms with Gasteiger partial charge >= 0.3 is 0 Å². The highest BCUT2D eigenvalue weighted by atomic mass is 32.3. The molecule has 0 saturated carbocycles. The number of halogens is 1. The topological polar surface area (TPSA) is 31.4 Å². The summed E-state index contributed by atoms with van der Waals surface area (Å²) in [6.07, 6.45) is 4.40. The Kier molecular flexibility index (Phi) is 9.60. The van der Waals surface area contributed by atoms with E-state index in [0.29, 0.717) is 25.4 Å². The molecule has 3 aromatic rings. The Morgan fingerprint density at radius 2 is 1.32 bits per heavy atom. The van der Waals surface area contributed by atoms with Crippen LogP contribution in [0.25, 0.3) is 11.1 Å². The summed E-state index contributed by atoms with van der Waals surface area (Å²) in [5.74, 6) is 0.0738. The predicted molar refractivity (Wildman–Crippen MR) is 157 cm³/mol. The molecule has 0 amide bonds. The molecule has 0 spiro atoms. The van der Waals surface area contributed by atoms with E-state index in [0.717, 1.165) is 33.6 Å². The molecule has 5 heteroatoms. The van der Waals surface area contributed by atoms with Gasteiger partial charge in [-0.2, -0.15) is 0 Å². The standard InChI is InChI=1S/C32H44FNO2S/c1-22(2)30-26(20-35-19-24-15-11-10-12-16-24)29(25-17-13-14-18-28(25)33)27(31(34-30)23(3)4)21-36-37(8,9)32(5,6)7/h10-18,22-23H,19-21H2,1-9H3. The highest BCUT2D eigenvalue weighted by molar-refractivity contribution is 8.29. The number of benzene rings is 2. The first-order valence-corrected chi connectivity index (χ1v) is 15.5. The number of ether oxygens (including phenoxy) is 1. The van der Waals surface area contributed by atoms with Gasteiger partial charge in [0.1, 0.15) is 5.82 Å². The van der Waals surface area contributed by atoms with E-state index in [1.54, 1.807) is 6.07 Å². The van der Waals surface area contributed by atoms with Crippen molar-refractivity contribution in [3.05, 3.63) is 88.5 Å². The molecule has 0 fully saturated rings. The van der Waals surface area contributed by atoms with Crippen molar-refractivity contribution >= 4 is 10.3 Å². The molecule has 1 heterocycles. The quantitative estimate of drug-likeness (QED) is 0.264. The molecule has 0 bridgehead atoms. The lowest BCUT2D eigenvalue weighted by Gasteiger charge is -2.44. The van der Waals surface area contributed by atoms with Crippen molar-refractivity contribution < 1.29 is 13.3 Å². The summed E-state index contributed by atoms with van der Waals surface area (Å²) in [7, 11) is -1.39. The van der Waals surface area contributed by atoms with Crippen LogP contribution in [0.15, 0.2) is 54.6 Å². The summed E-state index contributed by atoms with van der Waals surface area (Å²) in [6, 6.07) is 17.2. The van der Waals surface area contributed by atoms with Crippen LogP contribution >= 0.6 is 10.3 Å². The molecular formula is C32H44FNO2S. The zero-order valence-corrected chi connectivity index (χ0v) is 24.8. The lowest BCUT2D eigenvalue weighted by atomic mass is 9.87. The summed E-state index contributed by atoms with van der Waals surface area (Å²) in [6.45, 7) is 16.4. The van der Waals surface area contributed by atoms with Crippen molar-refractivity contribution in [2.75, 3.05) is 12.5 Å². The van der Waals surface area contributed by atoms with E-state index in [2.05, 4.69) is 73.1 Å². The molecule has 0 aliphatic heterocycles. The van der Waals surface area contributed by atoms with Gasteiger partial charge in [0.25, 0.3) is 0 Å². The highest BCUT2D eigenvalue weighted by Crippen LogP contribution is 2.55. The predicted octanol–water partition coefficient (Wildman–Crippen LogP) is 9.15. The second kappa shape index (κ2) is 12.1. The minimum Gasteiger partial charge on any atom is -0.372 e. The van der Waals surface area contributed by atoms with Crippen LogP contribution < -0.4 is 0 Å². The monoisotopic (exact) mass is 525 g/mol. The van der Waals surface area contributed by atoms with Crippen LogP contribution in [0, 0.1) is 5.82 Å². The number of hydrogen-bond donors (Lipinski definition) is 0. The second-order valence-corrected chi connectivity index (χ2v) is 15.5. The Bertz CT molecular complexity index is 1180. The fourth-order valence-corrected chi connectivity index (χ4v) is 4.93. The van der Waals surface area contributed by atoms with Crippen molar-refractivity contribution in [1.29, 1.82) is 0 Å². The van der Waals surface area contributed by atoms with Crippen LogP contribution in [0.2, 0.25) is 0 Å². The maximum absolute atomic E-state index is 15.5. The van der Waals surface area contributed by atoms with E-state index < -0.39 is 10.3 Å². The molecule has 2 aromatic carbocycles. The van der Waals surface area contributed by atoms with Gasteiger partial charge in [0.05, 0.1) is 19.8 Å². The number of hydrogen-bond acceptors (Lipinski definition) is 3. The first kappa shape index (κ1) is 29.3. The van der Waals surface area contributed by atoms with E-state index in [-0.39, 0.29) is 22.4 Å². The molecule has 0 saturated heterocycles. The van der Waals surface area contributed by atoms with Crippen molar-refractivity contribution in [2.45, 2.75) is 84.9 Å². The van der Waals surface area contributed by atoms with E-state index in [9.17, 15) is 0 Å². The minimum absolute atomic E-state index is 0.0100. The van der Waals surface area contributed by atoms with E-state index >= 15 is 4.39 Å². The van der Waals surface area contributed by atoms with Gasteiger partial charge in [-0.05, 0) is 41.5 Å². The summed E-state index contributed by atoms with van der Waals surface area (Å²) in [5.41, 5.74) is 6.40. The first-order chi connectivity index (χ1) is 17.3. The fourth-order valence-electron chi connectivity index (χ4n) is 4.17. The largest absolute Gasteiger partial charge is 0.372 e. The van der Waals surface area contributed by atoms with Crippen molar-refractivity contribution in [3.63, 3.8) is 0 Å². The van der Waals surface area contributed by atoms with Crippen LogP contribution in [0.5, 0.6) is 0 Å². The third-order valence-corrected chi connectivity index (χ3v) is 10.7. The molecule has 3 rings (SSSR count). The maximum Gasteiger partial charge on any atom is 0.131 e. The summed E-state index contributed by atoms with van der Waals surface area (Å²) in [5, 5.41) is 0. The molecule has 37 heavy (non-hydrogen) atoms. The van der Waals surface area contributed by atoms with Gasteiger partial charge in [-0.1, -0.05) is 97.0 Å². The van der Waals surface area contributed by atoms with Gasteiger partial charge in [-0.3, -0.25) is 4.98 Å². The Hall–Kier alpha value is -2.21. The number of aromatic nitrogens is 1. The first-order valence-electron chi connectivity index (χ1n) is 13.1. The number of nitrogens with zero attached hydrogens (tertiary/aromatic N) is 1. The molecule has 202 valence electrons. The Balaban J connectivity index is 2.20. The lowest BCUT2D eigenvalue weighted by Crippen LogP contribution is -2.25. The number of rotatable bonds is 10. The smallest absolute Gasteiger partial charge is 0.131 e. The molecule has 0 aliphatic rings. The Morgan fingerprint density at radius 3 is 1.86 bits per heavy atom. The van der Waals surface area contributed by atoms with Gasteiger partial charge < -0.3 is 8.92 Å². The number of pyridine rings is 1. The van der Waals surface area contributed by atoms with E-state index in [1.807, 2.05) is 30.3 Å². The van der Waals surface area contributed by atoms with Crippen LogP contribution in [0.3, 0.4) is 0 Å². The summed E-state index contributed by atoms with van der Waals surface area (Å²) >= 11 is 0. The normalized spacial score (nSPS) is 13.0. The second-order valence-electron chi connectivity index (χ2n) is 11.6. The molecule has 0 aliphatic carbocycles. The van der Waals surface area contributed by atoms with Crippen molar-refractivity contribution in [1.82, 2.24) is 4.98 Å². The molecule has 3 nitrogen and oxygen atoms in total.